The van der Waals surface area contributed by atoms with Crippen LogP contribution in [0.5, 0.6) is 0 Å². The molecular formula is C24H26N2O4. The molecule has 30 heavy (non-hydrogen) atoms. The average molecular weight is 406 g/mol. The number of carboxylic acid groups (broad SMARTS) is 2. The quantitative estimate of drug-likeness (QED) is 0.447. The number of unbranched alkanes of at least 4 members (excludes halogenated alkanes) is 1. The van der Waals surface area contributed by atoms with Crippen LogP contribution in [0.2, 0.25) is 0 Å². The first-order valence-electron chi connectivity index (χ1n) is 9.94. The highest BCUT2D eigenvalue weighted by molar-refractivity contribution is 6.23. The van der Waals surface area contributed by atoms with Crippen molar-refractivity contribution >= 4 is 34.1 Å². The first-order chi connectivity index (χ1) is 14.4. The maximum atomic E-state index is 12.5. The maximum absolute atomic E-state index is 12.5. The van der Waals surface area contributed by atoms with E-state index < -0.39 is 11.9 Å². The lowest BCUT2D eigenvalue weighted by Gasteiger charge is -2.27. The van der Waals surface area contributed by atoms with Crippen molar-refractivity contribution < 1.29 is 19.8 Å². The summed E-state index contributed by atoms with van der Waals surface area (Å²) >= 11 is 0. The molecule has 0 radical (unpaired) electrons. The largest absolute Gasteiger partial charge is 0.478 e. The molecule has 156 valence electrons. The van der Waals surface area contributed by atoms with E-state index in [-0.39, 0.29) is 16.5 Å². The second-order valence-electron chi connectivity index (χ2n) is 7.35. The Balaban J connectivity index is 2.56. The van der Waals surface area contributed by atoms with Crippen LogP contribution in [0.15, 0.2) is 48.5 Å². The summed E-state index contributed by atoms with van der Waals surface area (Å²) in [5.74, 6) is -2.31. The molecule has 0 aliphatic heterocycles. The van der Waals surface area contributed by atoms with Crippen LogP contribution in [0.25, 0.3) is 21.9 Å². The van der Waals surface area contributed by atoms with Gasteiger partial charge < -0.3 is 20.4 Å². The lowest BCUT2D eigenvalue weighted by molar-refractivity contribution is 0.0695. The minimum atomic E-state index is -1.16. The standard InChI is InChI=1S/C24H26N2O4/c1-4-5-14-25-21-16-12-9-13-17(23(27)28)19(16)20(24(29)30)18(22(21)26(2)3)15-10-7-6-8-11-15/h6-13,25H,4-5,14H2,1-3H3,(H,27,28)(H,29,30). The summed E-state index contributed by atoms with van der Waals surface area (Å²) in [6, 6.07) is 14.1. The number of hydrogen-bond donors (Lipinski definition) is 3. The fourth-order valence-corrected chi connectivity index (χ4v) is 3.82. The van der Waals surface area contributed by atoms with Crippen LogP contribution in [0.3, 0.4) is 0 Å². The Morgan fingerprint density at radius 1 is 0.967 bits per heavy atom. The highest BCUT2D eigenvalue weighted by Gasteiger charge is 2.28. The van der Waals surface area contributed by atoms with Crippen molar-refractivity contribution in [3.63, 3.8) is 0 Å². The van der Waals surface area contributed by atoms with E-state index in [4.69, 9.17) is 0 Å². The summed E-state index contributed by atoms with van der Waals surface area (Å²) in [7, 11) is 3.73. The first-order valence-corrected chi connectivity index (χ1v) is 9.94. The van der Waals surface area contributed by atoms with Gasteiger partial charge in [-0.05, 0) is 18.1 Å². The van der Waals surface area contributed by atoms with Gasteiger partial charge in [0.1, 0.15) is 0 Å². The molecule has 0 saturated heterocycles. The summed E-state index contributed by atoms with van der Waals surface area (Å²) in [6.07, 6.45) is 1.94. The molecule has 3 aromatic rings. The Labute approximate surface area is 175 Å². The molecule has 3 aromatic carbocycles. The molecule has 0 heterocycles. The zero-order chi connectivity index (χ0) is 21.8. The minimum absolute atomic E-state index is 0.000980. The predicted octanol–water partition coefficient (Wildman–Crippen LogP) is 5.18. The van der Waals surface area contributed by atoms with Crippen molar-refractivity contribution in [2.24, 2.45) is 0 Å². The molecule has 0 saturated carbocycles. The van der Waals surface area contributed by atoms with E-state index in [2.05, 4.69) is 12.2 Å². The molecule has 3 rings (SSSR count). The lowest BCUT2D eigenvalue weighted by atomic mass is 9.88. The van der Waals surface area contributed by atoms with Gasteiger partial charge in [0.25, 0.3) is 0 Å². The number of benzene rings is 3. The topological polar surface area (TPSA) is 89.9 Å². The molecule has 0 aromatic heterocycles. The van der Waals surface area contributed by atoms with E-state index in [1.807, 2.05) is 49.3 Å². The molecule has 0 aliphatic carbocycles. The monoisotopic (exact) mass is 406 g/mol. The number of nitrogens with zero attached hydrogens (tertiary/aromatic N) is 1. The lowest BCUT2D eigenvalue weighted by Crippen LogP contribution is -2.18. The molecule has 0 unspecified atom stereocenters. The fourth-order valence-electron chi connectivity index (χ4n) is 3.82. The average Bonchev–Trinajstić information content (AvgIpc) is 2.72. The first kappa shape index (κ1) is 21.2. The third-order valence-electron chi connectivity index (χ3n) is 5.09. The van der Waals surface area contributed by atoms with E-state index in [0.717, 1.165) is 29.8 Å². The number of carbonyl (C=O) groups is 2. The molecule has 3 N–H and O–H groups in total. The van der Waals surface area contributed by atoms with Crippen molar-refractivity contribution in [2.45, 2.75) is 19.8 Å². The maximum Gasteiger partial charge on any atom is 0.337 e. The summed E-state index contributed by atoms with van der Waals surface area (Å²) in [6.45, 7) is 2.79. The summed E-state index contributed by atoms with van der Waals surface area (Å²) < 4.78 is 0. The van der Waals surface area contributed by atoms with Crippen LogP contribution in [-0.4, -0.2) is 42.8 Å². The molecular weight excluding hydrogens is 380 g/mol. The van der Waals surface area contributed by atoms with Crippen LogP contribution in [0.1, 0.15) is 40.5 Å². The van der Waals surface area contributed by atoms with Gasteiger partial charge in [0, 0.05) is 37.0 Å². The van der Waals surface area contributed by atoms with E-state index in [9.17, 15) is 19.8 Å². The summed E-state index contributed by atoms with van der Waals surface area (Å²) in [4.78, 5) is 26.4. The summed E-state index contributed by atoms with van der Waals surface area (Å²) in [5.41, 5.74) is 2.68. The highest BCUT2D eigenvalue weighted by atomic mass is 16.4. The number of hydrogen-bond acceptors (Lipinski definition) is 4. The smallest absolute Gasteiger partial charge is 0.337 e. The van der Waals surface area contributed by atoms with Gasteiger partial charge >= 0.3 is 11.9 Å². The number of rotatable bonds is 8. The van der Waals surface area contributed by atoms with Gasteiger partial charge in [0.05, 0.1) is 22.5 Å². The van der Waals surface area contributed by atoms with Crippen LogP contribution >= 0.6 is 0 Å². The van der Waals surface area contributed by atoms with E-state index in [0.29, 0.717) is 17.5 Å². The Morgan fingerprint density at radius 2 is 1.67 bits per heavy atom. The molecule has 0 bridgehead atoms. The van der Waals surface area contributed by atoms with Gasteiger partial charge in [0.15, 0.2) is 0 Å². The van der Waals surface area contributed by atoms with Gasteiger partial charge in [-0.2, -0.15) is 0 Å². The van der Waals surface area contributed by atoms with E-state index in [1.54, 1.807) is 12.1 Å². The molecule has 6 nitrogen and oxygen atoms in total. The van der Waals surface area contributed by atoms with Crippen molar-refractivity contribution in [2.75, 3.05) is 30.9 Å². The minimum Gasteiger partial charge on any atom is -0.478 e. The third-order valence-corrected chi connectivity index (χ3v) is 5.09. The number of nitrogens with one attached hydrogen (secondary N) is 1. The molecule has 0 fully saturated rings. The van der Waals surface area contributed by atoms with Gasteiger partial charge in [0.2, 0.25) is 0 Å². The van der Waals surface area contributed by atoms with Crippen LogP contribution in [0, 0.1) is 0 Å². The second-order valence-corrected chi connectivity index (χ2v) is 7.35. The van der Waals surface area contributed by atoms with E-state index in [1.165, 1.54) is 6.07 Å². The van der Waals surface area contributed by atoms with Crippen LogP contribution < -0.4 is 10.2 Å². The number of fused-ring (bicyclic) bond motifs is 1. The Kier molecular flexibility index (Phi) is 6.26. The highest BCUT2D eigenvalue weighted by Crippen LogP contribution is 2.46. The zero-order valence-corrected chi connectivity index (χ0v) is 17.4. The van der Waals surface area contributed by atoms with E-state index >= 15 is 0 Å². The fraction of sp³-hybridized carbons (Fsp3) is 0.250. The number of carboxylic acids is 2. The van der Waals surface area contributed by atoms with Crippen LogP contribution in [0.4, 0.5) is 11.4 Å². The Bertz CT molecular complexity index is 1090. The predicted molar refractivity (Wildman–Crippen MR) is 121 cm³/mol. The Morgan fingerprint density at radius 3 is 2.23 bits per heavy atom. The van der Waals surface area contributed by atoms with Crippen molar-refractivity contribution in [3.8, 4) is 11.1 Å². The van der Waals surface area contributed by atoms with Crippen LogP contribution in [-0.2, 0) is 0 Å². The van der Waals surface area contributed by atoms with Crippen molar-refractivity contribution in [1.82, 2.24) is 0 Å². The molecule has 0 aliphatic rings. The number of aromatic carboxylic acids is 2. The molecule has 6 heteroatoms. The third kappa shape index (κ3) is 3.81. The Hall–Kier alpha value is -3.54. The summed E-state index contributed by atoms with van der Waals surface area (Å²) in [5, 5.41) is 24.3. The van der Waals surface area contributed by atoms with Gasteiger partial charge in [-0.1, -0.05) is 55.8 Å². The van der Waals surface area contributed by atoms with Gasteiger partial charge in [-0.15, -0.1) is 0 Å². The van der Waals surface area contributed by atoms with Gasteiger partial charge in [-0.3, -0.25) is 0 Å². The molecule has 0 atom stereocenters. The zero-order valence-electron chi connectivity index (χ0n) is 17.4. The van der Waals surface area contributed by atoms with Crippen molar-refractivity contribution in [3.05, 3.63) is 59.7 Å². The molecule has 0 amide bonds. The number of anilines is 2. The second kappa shape index (κ2) is 8.86. The normalized spacial score (nSPS) is 10.8. The SMILES string of the molecule is CCCCNc1c(N(C)C)c(-c2ccccc2)c(C(=O)O)c2c(C(=O)O)cccc12. The van der Waals surface area contributed by atoms with Crippen molar-refractivity contribution in [1.29, 1.82) is 0 Å². The van der Waals surface area contributed by atoms with Gasteiger partial charge in [-0.25, -0.2) is 9.59 Å². The molecule has 0 spiro atoms.